The fourth-order valence-corrected chi connectivity index (χ4v) is 2.47. The number of benzene rings is 2. The molecular formula is C21H19F2N3O3. The number of carbonyl (C=O) groups is 1. The van der Waals surface area contributed by atoms with E-state index >= 15 is 0 Å². The highest BCUT2D eigenvalue weighted by molar-refractivity contribution is 6.04. The van der Waals surface area contributed by atoms with Crippen molar-refractivity contribution in [3.8, 4) is 11.5 Å². The van der Waals surface area contributed by atoms with Crippen LogP contribution in [0.2, 0.25) is 0 Å². The smallest absolute Gasteiger partial charge is 0.257 e. The summed E-state index contributed by atoms with van der Waals surface area (Å²) in [5.41, 5.74) is 1.05. The number of nitrogens with one attached hydrogen (secondary N) is 2. The Balaban J connectivity index is 1.51. The number of halogens is 2. The lowest BCUT2D eigenvalue weighted by Crippen LogP contribution is -2.15. The number of nitrogens with zero attached hydrogens (tertiary/aromatic N) is 1. The quantitative estimate of drug-likeness (QED) is 0.558. The number of hydrogen-bond acceptors (Lipinski definition) is 5. The number of anilines is 2. The largest absolute Gasteiger partial charge is 0.497 e. The minimum absolute atomic E-state index is 0.153. The molecule has 0 fully saturated rings. The molecule has 2 N–H and O–H groups in total. The minimum atomic E-state index is -1.03. The Morgan fingerprint density at radius 3 is 2.45 bits per heavy atom. The maximum absolute atomic E-state index is 13.3. The second-order valence-electron chi connectivity index (χ2n) is 6.00. The zero-order valence-corrected chi connectivity index (χ0v) is 15.6. The van der Waals surface area contributed by atoms with Gasteiger partial charge in [0.05, 0.1) is 18.4 Å². The Hall–Kier alpha value is -3.68. The van der Waals surface area contributed by atoms with E-state index in [0.717, 1.165) is 17.9 Å². The number of amides is 1. The van der Waals surface area contributed by atoms with Gasteiger partial charge in [-0.3, -0.25) is 9.78 Å². The number of carbonyl (C=O) groups excluding carboxylic acids is 1. The van der Waals surface area contributed by atoms with Crippen LogP contribution in [0.5, 0.6) is 11.5 Å². The van der Waals surface area contributed by atoms with Crippen molar-refractivity contribution in [2.45, 2.75) is 0 Å². The summed E-state index contributed by atoms with van der Waals surface area (Å²) >= 11 is 0. The van der Waals surface area contributed by atoms with Gasteiger partial charge in [-0.15, -0.1) is 0 Å². The Labute approximate surface area is 166 Å². The summed E-state index contributed by atoms with van der Waals surface area (Å²) in [4.78, 5) is 16.3. The average molecular weight is 399 g/mol. The number of aromatic nitrogens is 1. The van der Waals surface area contributed by atoms with Gasteiger partial charge in [0, 0.05) is 30.7 Å². The molecule has 0 bridgehead atoms. The highest BCUT2D eigenvalue weighted by Gasteiger charge is 2.10. The van der Waals surface area contributed by atoms with Crippen LogP contribution >= 0.6 is 0 Å². The van der Waals surface area contributed by atoms with E-state index in [9.17, 15) is 13.6 Å². The second-order valence-corrected chi connectivity index (χ2v) is 6.00. The van der Waals surface area contributed by atoms with Gasteiger partial charge in [-0.1, -0.05) is 0 Å². The monoisotopic (exact) mass is 399 g/mol. The lowest BCUT2D eigenvalue weighted by Gasteiger charge is -2.10. The molecule has 29 heavy (non-hydrogen) atoms. The summed E-state index contributed by atoms with van der Waals surface area (Å²) in [6.07, 6.45) is 2.95. The third-order valence-corrected chi connectivity index (χ3v) is 3.94. The van der Waals surface area contributed by atoms with Crippen molar-refractivity contribution >= 4 is 17.3 Å². The normalized spacial score (nSPS) is 10.3. The molecule has 0 saturated heterocycles. The zero-order chi connectivity index (χ0) is 20.6. The second kappa shape index (κ2) is 9.50. The molecule has 1 aromatic heterocycles. The Kier molecular flexibility index (Phi) is 6.57. The van der Waals surface area contributed by atoms with Crippen LogP contribution in [0.25, 0.3) is 0 Å². The van der Waals surface area contributed by atoms with Crippen molar-refractivity contribution in [3.05, 3.63) is 78.1 Å². The number of methoxy groups -OCH3 is 1. The van der Waals surface area contributed by atoms with Crippen molar-refractivity contribution in [2.24, 2.45) is 0 Å². The molecule has 6 nitrogen and oxygen atoms in total. The molecule has 3 rings (SSSR count). The van der Waals surface area contributed by atoms with E-state index in [0.29, 0.717) is 24.6 Å². The van der Waals surface area contributed by atoms with Crippen LogP contribution in [-0.4, -0.2) is 31.2 Å². The zero-order valence-electron chi connectivity index (χ0n) is 15.6. The van der Waals surface area contributed by atoms with E-state index in [2.05, 4.69) is 15.6 Å². The Morgan fingerprint density at radius 2 is 1.72 bits per heavy atom. The predicted octanol–water partition coefficient (Wildman–Crippen LogP) is 4.11. The Bertz CT molecular complexity index is 981. The fourth-order valence-electron chi connectivity index (χ4n) is 2.47. The van der Waals surface area contributed by atoms with Crippen molar-refractivity contribution in [3.63, 3.8) is 0 Å². The lowest BCUT2D eigenvalue weighted by atomic mass is 10.2. The maximum atomic E-state index is 13.3. The molecule has 0 spiro atoms. The first-order valence-electron chi connectivity index (χ1n) is 8.77. The van der Waals surface area contributed by atoms with Crippen LogP contribution in [-0.2, 0) is 0 Å². The SMILES string of the molecule is COc1ccc(OCCNc2cncc(C(=O)Nc3ccc(F)c(F)c3)c2)cc1. The van der Waals surface area contributed by atoms with Crippen LogP contribution < -0.4 is 20.1 Å². The van der Waals surface area contributed by atoms with Gasteiger partial charge in [0.2, 0.25) is 0 Å². The number of pyridine rings is 1. The van der Waals surface area contributed by atoms with E-state index in [1.165, 1.54) is 12.3 Å². The first kappa shape index (κ1) is 20.1. The predicted molar refractivity (Wildman–Crippen MR) is 106 cm³/mol. The molecule has 0 unspecified atom stereocenters. The molecule has 0 radical (unpaired) electrons. The van der Waals surface area contributed by atoms with Gasteiger partial charge in [-0.2, -0.15) is 0 Å². The summed E-state index contributed by atoms with van der Waals surface area (Å²) in [6.45, 7) is 0.888. The molecule has 150 valence electrons. The highest BCUT2D eigenvalue weighted by atomic mass is 19.2. The van der Waals surface area contributed by atoms with Gasteiger partial charge in [-0.05, 0) is 42.5 Å². The van der Waals surface area contributed by atoms with Gasteiger partial charge in [0.25, 0.3) is 5.91 Å². The third kappa shape index (κ3) is 5.65. The van der Waals surface area contributed by atoms with Gasteiger partial charge in [0.15, 0.2) is 11.6 Å². The van der Waals surface area contributed by atoms with Gasteiger partial charge in [-0.25, -0.2) is 8.78 Å². The van der Waals surface area contributed by atoms with Crippen molar-refractivity contribution < 1.29 is 23.0 Å². The number of ether oxygens (including phenoxy) is 2. The number of rotatable bonds is 8. The van der Waals surface area contributed by atoms with E-state index in [-0.39, 0.29) is 11.3 Å². The number of hydrogen-bond donors (Lipinski definition) is 2. The molecule has 0 atom stereocenters. The summed E-state index contributed by atoms with van der Waals surface area (Å²) in [6, 6.07) is 12.0. The van der Waals surface area contributed by atoms with Gasteiger partial charge < -0.3 is 20.1 Å². The van der Waals surface area contributed by atoms with Crippen LogP contribution in [0.3, 0.4) is 0 Å². The van der Waals surface area contributed by atoms with E-state index in [1.807, 2.05) is 24.3 Å². The molecule has 0 saturated carbocycles. The Morgan fingerprint density at radius 1 is 0.966 bits per heavy atom. The summed E-state index contributed by atoms with van der Waals surface area (Å²) in [5, 5.41) is 5.61. The topological polar surface area (TPSA) is 72.5 Å². The van der Waals surface area contributed by atoms with Gasteiger partial charge >= 0.3 is 0 Å². The molecule has 1 heterocycles. The van der Waals surface area contributed by atoms with Crippen LogP contribution in [0.4, 0.5) is 20.2 Å². The molecule has 1 amide bonds. The van der Waals surface area contributed by atoms with E-state index in [1.54, 1.807) is 19.4 Å². The molecule has 0 aliphatic heterocycles. The first-order chi connectivity index (χ1) is 14.0. The van der Waals surface area contributed by atoms with E-state index < -0.39 is 17.5 Å². The van der Waals surface area contributed by atoms with E-state index in [4.69, 9.17) is 9.47 Å². The third-order valence-electron chi connectivity index (χ3n) is 3.94. The average Bonchev–Trinajstić information content (AvgIpc) is 2.74. The minimum Gasteiger partial charge on any atom is -0.497 e. The molecular weight excluding hydrogens is 380 g/mol. The molecule has 3 aromatic rings. The molecule has 0 aliphatic carbocycles. The lowest BCUT2D eigenvalue weighted by molar-refractivity contribution is 0.102. The molecule has 2 aromatic carbocycles. The van der Waals surface area contributed by atoms with Crippen molar-refractivity contribution in [1.82, 2.24) is 4.98 Å². The van der Waals surface area contributed by atoms with Crippen LogP contribution in [0.1, 0.15) is 10.4 Å². The maximum Gasteiger partial charge on any atom is 0.257 e. The van der Waals surface area contributed by atoms with Gasteiger partial charge in [0.1, 0.15) is 18.1 Å². The summed E-state index contributed by atoms with van der Waals surface area (Å²) < 4.78 is 37.0. The first-order valence-corrected chi connectivity index (χ1v) is 8.77. The van der Waals surface area contributed by atoms with Crippen LogP contribution in [0.15, 0.2) is 60.9 Å². The van der Waals surface area contributed by atoms with Crippen molar-refractivity contribution in [1.29, 1.82) is 0 Å². The molecule has 8 heteroatoms. The standard InChI is InChI=1S/C21H19F2N3O3/c1-28-17-3-5-18(6-4-17)29-9-8-25-16-10-14(12-24-13-16)21(27)26-15-2-7-19(22)20(23)11-15/h2-7,10-13,25H,8-9H2,1H3,(H,26,27). The highest BCUT2D eigenvalue weighted by Crippen LogP contribution is 2.17. The van der Waals surface area contributed by atoms with Crippen molar-refractivity contribution in [2.75, 3.05) is 30.9 Å². The molecule has 0 aliphatic rings. The van der Waals surface area contributed by atoms with Crippen LogP contribution in [0, 0.1) is 11.6 Å². The summed E-state index contributed by atoms with van der Waals surface area (Å²) in [7, 11) is 1.60. The fraction of sp³-hybridized carbons (Fsp3) is 0.143. The summed E-state index contributed by atoms with van der Waals surface area (Å²) in [5.74, 6) is -1.03.